The van der Waals surface area contributed by atoms with E-state index in [0.717, 1.165) is 26.1 Å². The molecule has 0 aromatic carbocycles. The van der Waals surface area contributed by atoms with Crippen molar-refractivity contribution in [1.29, 1.82) is 0 Å². The highest BCUT2D eigenvalue weighted by Gasteiger charge is 2.16. The Morgan fingerprint density at radius 3 is 2.47 bits per heavy atom. The standard InChI is InChI=1S/C14H15ClIN3/c1-7(2)11-10(16)13(15)19-14(18-11)12-9(4)5-8(3)6-17-12/h5-7H,1-4H3. The quantitative estimate of drug-likeness (QED) is 0.561. The fraction of sp³-hybridized carbons (Fsp3) is 0.357. The van der Waals surface area contributed by atoms with Crippen molar-refractivity contribution < 1.29 is 0 Å². The van der Waals surface area contributed by atoms with E-state index in [1.165, 1.54) is 0 Å². The van der Waals surface area contributed by atoms with Crippen molar-refractivity contribution in [2.45, 2.75) is 33.6 Å². The minimum atomic E-state index is 0.303. The number of aryl methyl sites for hydroxylation is 2. The molecule has 100 valence electrons. The van der Waals surface area contributed by atoms with Gasteiger partial charge in [-0.25, -0.2) is 9.97 Å². The van der Waals surface area contributed by atoms with Gasteiger partial charge in [0.25, 0.3) is 0 Å². The largest absolute Gasteiger partial charge is 0.252 e. The van der Waals surface area contributed by atoms with Gasteiger partial charge in [-0.2, -0.15) is 0 Å². The van der Waals surface area contributed by atoms with Crippen LogP contribution in [0.25, 0.3) is 11.5 Å². The summed E-state index contributed by atoms with van der Waals surface area (Å²) < 4.78 is 0.919. The summed E-state index contributed by atoms with van der Waals surface area (Å²) in [5.41, 5.74) is 3.96. The number of pyridine rings is 1. The van der Waals surface area contributed by atoms with Crippen LogP contribution in [0, 0.1) is 17.4 Å². The molecular weight excluding hydrogens is 373 g/mol. The van der Waals surface area contributed by atoms with Crippen molar-refractivity contribution in [2.75, 3.05) is 0 Å². The van der Waals surface area contributed by atoms with Gasteiger partial charge in [-0.05, 0) is 53.5 Å². The molecule has 0 spiro atoms. The Bertz CT molecular complexity index is 626. The first-order valence-corrected chi connectivity index (χ1v) is 7.52. The zero-order valence-electron chi connectivity index (χ0n) is 11.3. The van der Waals surface area contributed by atoms with E-state index < -0.39 is 0 Å². The van der Waals surface area contributed by atoms with Gasteiger partial charge in [-0.15, -0.1) is 0 Å². The van der Waals surface area contributed by atoms with Crippen molar-refractivity contribution in [1.82, 2.24) is 15.0 Å². The molecule has 5 heteroatoms. The van der Waals surface area contributed by atoms with Crippen LogP contribution >= 0.6 is 34.2 Å². The van der Waals surface area contributed by atoms with Crippen LogP contribution in [-0.2, 0) is 0 Å². The molecule has 3 nitrogen and oxygen atoms in total. The van der Waals surface area contributed by atoms with Crippen molar-refractivity contribution in [3.8, 4) is 11.5 Å². The predicted octanol–water partition coefficient (Wildman–Crippen LogP) is 4.54. The molecular formula is C14H15ClIN3. The maximum Gasteiger partial charge on any atom is 0.180 e. The van der Waals surface area contributed by atoms with Crippen LogP contribution in [-0.4, -0.2) is 15.0 Å². The highest BCUT2D eigenvalue weighted by atomic mass is 127. The number of halogens is 2. The summed E-state index contributed by atoms with van der Waals surface area (Å²) in [6.45, 7) is 8.23. The second kappa shape index (κ2) is 5.71. The summed E-state index contributed by atoms with van der Waals surface area (Å²) >= 11 is 8.40. The molecule has 0 saturated carbocycles. The van der Waals surface area contributed by atoms with E-state index in [1.54, 1.807) is 0 Å². The van der Waals surface area contributed by atoms with Gasteiger partial charge in [-0.3, -0.25) is 4.98 Å². The SMILES string of the molecule is Cc1cnc(-c2nc(Cl)c(I)c(C(C)C)n2)c(C)c1. The Hall–Kier alpha value is -0.750. The van der Waals surface area contributed by atoms with Crippen LogP contribution < -0.4 is 0 Å². The molecule has 0 aliphatic heterocycles. The second-order valence-electron chi connectivity index (χ2n) is 4.87. The molecule has 0 N–H and O–H groups in total. The lowest BCUT2D eigenvalue weighted by atomic mass is 10.1. The lowest BCUT2D eigenvalue weighted by Crippen LogP contribution is -2.04. The van der Waals surface area contributed by atoms with E-state index in [4.69, 9.17) is 11.6 Å². The van der Waals surface area contributed by atoms with E-state index in [-0.39, 0.29) is 0 Å². The molecule has 2 aromatic rings. The van der Waals surface area contributed by atoms with Gasteiger partial charge >= 0.3 is 0 Å². The highest BCUT2D eigenvalue weighted by Crippen LogP contribution is 2.28. The van der Waals surface area contributed by atoms with Crippen LogP contribution in [0.4, 0.5) is 0 Å². The molecule has 0 bridgehead atoms. The summed E-state index contributed by atoms with van der Waals surface area (Å²) in [4.78, 5) is 13.4. The molecule has 0 aliphatic rings. The summed E-state index contributed by atoms with van der Waals surface area (Å²) in [6.07, 6.45) is 1.83. The second-order valence-corrected chi connectivity index (χ2v) is 6.31. The lowest BCUT2D eigenvalue weighted by Gasteiger charge is -2.11. The number of hydrogen-bond donors (Lipinski definition) is 0. The topological polar surface area (TPSA) is 38.7 Å². The summed E-state index contributed by atoms with van der Waals surface area (Å²) in [5, 5.41) is 0.496. The monoisotopic (exact) mass is 387 g/mol. The smallest absolute Gasteiger partial charge is 0.180 e. The third-order valence-electron chi connectivity index (χ3n) is 2.81. The molecule has 2 aromatic heterocycles. The highest BCUT2D eigenvalue weighted by molar-refractivity contribution is 14.1. The number of aromatic nitrogens is 3. The fourth-order valence-corrected chi connectivity index (χ4v) is 2.91. The van der Waals surface area contributed by atoms with Crippen LogP contribution in [0.3, 0.4) is 0 Å². The first-order chi connectivity index (χ1) is 8.90. The lowest BCUT2D eigenvalue weighted by molar-refractivity contribution is 0.807. The third kappa shape index (κ3) is 3.05. The van der Waals surface area contributed by atoms with Crippen molar-refractivity contribution >= 4 is 34.2 Å². The minimum absolute atomic E-state index is 0.303. The van der Waals surface area contributed by atoms with Crippen LogP contribution in [0.5, 0.6) is 0 Å². The predicted molar refractivity (Wildman–Crippen MR) is 86.6 cm³/mol. The molecule has 2 heterocycles. The van der Waals surface area contributed by atoms with Gasteiger partial charge in [0, 0.05) is 6.20 Å². The van der Waals surface area contributed by atoms with E-state index >= 15 is 0 Å². The summed E-state index contributed by atoms with van der Waals surface area (Å²) in [5.74, 6) is 0.906. The average Bonchev–Trinajstić information content (AvgIpc) is 2.32. The molecule has 0 aliphatic carbocycles. The van der Waals surface area contributed by atoms with E-state index in [0.29, 0.717) is 16.9 Å². The Kier molecular flexibility index (Phi) is 4.40. The Balaban J connectivity index is 2.63. The van der Waals surface area contributed by atoms with Gasteiger partial charge in [0.1, 0.15) is 10.8 Å². The molecule has 0 radical (unpaired) electrons. The number of nitrogens with zero attached hydrogens (tertiary/aromatic N) is 3. The molecule has 2 rings (SSSR count). The van der Waals surface area contributed by atoms with E-state index in [2.05, 4.69) is 57.5 Å². The molecule has 0 atom stereocenters. The van der Waals surface area contributed by atoms with Crippen LogP contribution in [0.15, 0.2) is 12.3 Å². The van der Waals surface area contributed by atoms with Gasteiger partial charge in [0.2, 0.25) is 0 Å². The zero-order chi connectivity index (χ0) is 14.2. The average molecular weight is 388 g/mol. The normalized spacial score (nSPS) is 11.1. The number of rotatable bonds is 2. The van der Waals surface area contributed by atoms with Crippen molar-refractivity contribution in [2.24, 2.45) is 0 Å². The van der Waals surface area contributed by atoms with Crippen molar-refractivity contribution in [3.63, 3.8) is 0 Å². The Morgan fingerprint density at radius 1 is 1.21 bits per heavy atom. The first-order valence-electron chi connectivity index (χ1n) is 6.06. The van der Waals surface area contributed by atoms with Gasteiger partial charge in [-0.1, -0.05) is 31.5 Å². The molecule has 0 amide bonds. The summed E-state index contributed by atoms with van der Waals surface area (Å²) in [7, 11) is 0. The van der Waals surface area contributed by atoms with Crippen LogP contribution in [0.1, 0.15) is 36.6 Å². The zero-order valence-corrected chi connectivity index (χ0v) is 14.2. The molecule has 0 unspecified atom stereocenters. The third-order valence-corrected chi connectivity index (χ3v) is 4.47. The summed E-state index contributed by atoms with van der Waals surface area (Å²) in [6, 6.07) is 2.08. The van der Waals surface area contributed by atoms with Crippen LogP contribution in [0.2, 0.25) is 5.15 Å². The first kappa shape index (κ1) is 14.7. The molecule has 19 heavy (non-hydrogen) atoms. The molecule has 0 fully saturated rings. The van der Waals surface area contributed by atoms with Gasteiger partial charge in [0.05, 0.1) is 9.26 Å². The van der Waals surface area contributed by atoms with Gasteiger partial charge in [0.15, 0.2) is 5.82 Å². The molecule has 0 saturated heterocycles. The Morgan fingerprint density at radius 2 is 1.89 bits per heavy atom. The minimum Gasteiger partial charge on any atom is -0.252 e. The van der Waals surface area contributed by atoms with E-state index in [9.17, 15) is 0 Å². The van der Waals surface area contributed by atoms with E-state index in [1.807, 2.05) is 20.0 Å². The van der Waals surface area contributed by atoms with Gasteiger partial charge < -0.3 is 0 Å². The van der Waals surface area contributed by atoms with Crippen molar-refractivity contribution in [3.05, 3.63) is 37.8 Å². The Labute approximate surface area is 132 Å². The maximum absolute atomic E-state index is 6.21. The maximum atomic E-state index is 6.21. The number of hydrogen-bond acceptors (Lipinski definition) is 3. The fourth-order valence-electron chi connectivity index (χ4n) is 1.87.